The summed E-state index contributed by atoms with van der Waals surface area (Å²) in [5, 5.41) is 23.6. The zero-order chi connectivity index (χ0) is 20.8. The van der Waals surface area contributed by atoms with Crippen molar-refractivity contribution in [2.45, 2.75) is 55.4 Å². The van der Waals surface area contributed by atoms with Gasteiger partial charge in [0.15, 0.2) is 0 Å². The van der Waals surface area contributed by atoms with Crippen LogP contribution in [0.2, 0.25) is 0 Å². The second kappa shape index (κ2) is 7.82. The van der Waals surface area contributed by atoms with Crippen LogP contribution in [-0.2, 0) is 9.22 Å². The molecule has 2 aromatic carbocycles. The fourth-order valence-corrected chi connectivity index (χ4v) is 6.39. The number of amides is 1. The lowest BCUT2D eigenvalue weighted by Gasteiger charge is -2.47. The predicted molar refractivity (Wildman–Crippen MR) is 122 cm³/mol. The quantitative estimate of drug-likeness (QED) is 0.394. The third kappa shape index (κ3) is 3.31. The lowest BCUT2D eigenvalue weighted by atomic mass is 9.54. The number of halogens is 1. The number of carbonyl (C=O) groups excluding carboxylic acids is 1. The van der Waals surface area contributed by atoms with Crippen molar-refractivity contribution in [3.63, 3.8) is 0 Å². The zero-order valence-electron chi connectivity index (χ0n) is 16.9. The Morgan fingerprint density at radius 1 is 1.17 bits per heavy atom. The summed E-state index contributed by atoms with van der Waals surface area (Å²) in [6.45, 7) is 4.24. The average molecular weight is 505 g/mol. The first-order valence-corrected chi connectivity index (χ1v) is 11.9. The van der Waals surface area contributed by atoms with Gasteiger partial charge in [-0.1, -0.05) is 59.8 Å². The van der Waals surface area contributed by atoms with E-state index >= 15 is 0 Å². The first-order chi connectivity index (χ1) is 13.9. The molecule has 3 N–H and O–H groups in total. The van der Waals surface area contributed by atoms with Crippen LogP contribution in [0.15, 0.2) is 42.5 Å². The molecule has 0 unspecified atom stereocenters. The van der Waals surface area contributed by atoms with Crippen LogP contribution in [0, 0.1) is 11.3 Å². The van der Waals surface area contributed by atoms with Gasteiger partial charge in [0.25, 0.3) is 0 Å². The van der Waals surface area contributed by atoms with Gasteiger partial charge in [-0.25, -0.2) is 0 Å². The zero-order valence-corrected chi connectivity index (χ0v) is 19.0. The maximum atomic E-state index is 13.0. The maximum Gasteiger partial charge on any atom is 0.226 e. The van der Waals surface area contributed by atoms with Crippen molar-refractivity contribution in [2.75, 3.05) is 0 Å². The summed E-state index contributed by atoms with van der Waals surface area (Å²) in [4.78, 5) is 13.0. The highest BCUT2D eigenvalue weighted by Gasteiger charge is 2.59. The lowest BCUT2D eigenvalue weighted by Crippen LogP contribution is -2.43. The molecule has 1 aliphatic carbocycles. The van der Waals surface area contributed by atoms with E-state index in [9.17, 15) is 15.0 Å². The van der Waals surface area contributed by atoms with Crippen LogP contribution >= 0.6 is 22.6 Å². The fraction of sp³-hybridized carbons (Fsp3) is 0.458. The van der Waals surface area contributed by atoms with Crippen molar-refractivity contribution in [2.24, 2.45) is 11.3 Å². The van der Waals surface area contributed by atoms with Crippen LogP contribution in [0.4, 0.5) is 0 Å². The molecule has 2 fully saturated rings. The van der Waals surface area contributed by atoms with Crippen molar-refractivity contribution in [1.29, 1.82) is 0 Å². The number of carbonyl (C=O) groups is 1. The number of hydrogen-bond donors (Lipinski definition) is 3. The summed E-state index contributed by atoms with van der Waals surface area (Å²) in [7, 11) is 0. The number of fused-ring (bicyclic) bond motifs is 1. The van der Waals surface area contributed by atoms with Crippen LogP contribution < -0.4 is 5.32 Å². The molecule has 0 bridgehead atoms. The van der Waals surface area contributed by atoms with Gasteiger partial charge >= 0.3 is 0 Å². The molecule has 5 atom stereocenters. The molecular formula is C24H28INO3. The van der Waals surface area contributed by atoms with Crippen molar-refractivity contribution in [3.05, 3.63) is 59.2 Å². The van der Waals surface area contributed by atoms with Gasteiger partial charge in [-0.2, -0.15) is 0 Å². The molecule has 1 saturated heterocycles. The summed E-state index contributed by atoms with van der Waals surface area (Å²) < 4.78 is 0.962. The molecule has 1 amide bonds. The van der Waals surface area contributed by atoms with Gasteiger partial charge in [0.2, 0.25) is 5.91 Å². The first kappa shape index (κ1) is 20.5. The fourth-order valence-electron chi connectivity index (χ4n) is 5.88. The smallest absolute Gasteiger partial charge is 0.226 e. The molecule has 5 heteroatoms. The second-order valence-corrected chi connectivity index (χ2v) is 9.35. The molecule has 0 spiro atoms. The Hall–Kier alpha value is -1.76. The molecule has 0 aromatic heterocycles. The highest BCUT2D eigenvalue weighted by atomic mass is 127. The molecule has 29 heavy (non-hydrogen) atoms. The second-order valence-electron chi connectivity index (χ2n) is 8.59. The number of alkyl halides is 1. The Kier molecular flexibility index (Phi) is 5.53. The van der Waals surface area contributed by atoms with Crippen molar-refractivity contribution < 1.29 is 15.0 Å². The maximum absolute atomic E-state index is 13.0. The van der Waals surface area contributed by atoms with E-state index in [1.54, 1.807) is 6.07 Å². The molecule has 4 rings (SSSR count). The molecule has 1 saturated carbocycles. The Bertz CT molecular complexity index is 913. The van der Waals surface area contributed by atoms with E-state index < -0.39 is 0 Å². The van der Waals surface area contributed by atoms with E-state index in [1.165, 1.54) is 17.2 Å². The minimum atomic E-state index is -0.352. The van der Waals surface area contributed by atoms with E-state index in [1.807, 2.05) is 6.07 Å². The standard InChI is InChI=1S/C24H28INO3/c1-3-24-11-10-19(18-9-8-17(27)12-20(18)28)21(22(24)14(2)26-23(24)29)16-6-4-15(13-25)5-7-16/h4-9,12,14,19,21-22,27-28H,3,10-11,13H2,1-2H3,(H,26,29)/t14-,19+,21+,22+,24-/m1/s1. The molecule has 2 aliphatic rings. The van der Waals surface area contributed by atoms with Crippen LogP contribution in [0.25, 0.3) is 0 Å². The van der Waals surface area contributed by atoms with Gasteiger partial charge in [-0.05, 0) is 60.8 Å². The van der Waals surface area contributed by atoms with Crippen LogP contribution in [0.3, 0.4) is 0 Å². The lowest BCUT2D eigenvalue weighted by molar-refractivity contribution is -0.131. The number of aromatic hydroxyl groups is 2. The Morgan fingerprint density at radius 3 is 2.52 bits per heavy atom. The van der Waals surface area contributed by atoms with Gasteiger partial charge in [0.1, 0.15) is 11.5 Å². The number of phenols is 2. The number of rotatable bonds is 4. The Morgan fingerprint density at radius 2 is 1.90 bits per heavy atom. The van der Waals surface area contributed by atoms with Crippen LogP contribution in [-0.4, -0.2) is 22.2 Å². The monoisotopic (exact) mass is 505 g/mol. The molecule has 1 aliphatic heterocycles. The molecule has 1 heterocycles. The van der Waals surface area contributed by atoms with Crippen molar-refractivity contribution in [3.8, 4) is 11.5 Å². The van der Waals surface area contributed by atoms with E-state index in [-0.39, 0.29) is 46.6 Å². The van der Waals surface area contributed by atoms with E-state index in [4.69, 9.17) is 0 Å². The SMILES string of the molecule is CC[C@@]12CC[C@@H](c3ccc(O)cc3O)[C@H](c3ccc(CI)cc3)[C@@H]1[C@@H](C)NC2=O. The molecule has 4 nitrogen and oxygen atoms in total. The van der Waals surface area contributed by atoms with E-state index in [0.717, 1.165) is 29.3 Å². The van der Waals surface area contributed by atoms with E-state index in [0.29, 0.717) is 0 Å². The number of phenolic OH excluding ortho intramolecular Hbond substituents is 2. The summed E-state index contributed by atoms with van der Waals surface area (Å²) in [5.74, 6) is 0.770. The molecule has 154 valence electrons. The predicted octanol–water partition coefficient (Wildman–Crippen LogP) is 5.22. The normalized spacial score (nSPS) is 31.3. The van der Waals surface area contributed by atoms with Crippen LogP contribution in [0.1, 0.15) is 61.6 Å². The molecule has 2 aromatic rings. The minimum absolute atomic E-state index is 0.0685. The Labute approximate surface area is 185 Å². The largest absolute Gasteiger partial charge is 0.508 e. The summed E-state index contributed by atoms with van der Waals surface area (Å²) >= 11 is 2.37. The van der Waals surface area contributed by atoms with Crippen molar-refractivity contribution in [1.82, 2.24) is 5.32 Å². The summed E-state index contributed by atoms with van der Waals surface area (Å²) in [5.41, 5.74) is 3.02. The summed E-state index contributed by atoms with van der Waals surface area (Å²) in [6.07, 6.45) is 2.48. The van der Waals surface area contributed by atoms with Crippen LogP contribution in [0.5, 0.6) is 11.5 Å². The minimum Gasteiger partial charge on any atom is -0.508 e. The van der Waals surface area contributed by atoms with Gasteiger partial charge < -0.3 is 15.5 Å². The highest BCUT2D eigenvalue weighted by molar-refractivity contribution is 14.1. The summed E-state index contributed by atoms with van der Waals surface area (Å²) in [6, 6.07) is 13.7. The first-order valence-electron chi connectivity index (χ1n) is 10.4. The van der Waals surface area contributed by atoms with E-state index in [2.05, 4.69) is 66.0 Å². The average Bonchev–Trinajstić information content (AvgIpc) is 2.98. The van der Waals surface area contributed by atoms with Gasteiger partial charge in [0.05, 0.1) is 5.41 Å². The number of benzene rings is 2. The van der Waals surface area contributed by atoms with Gasteiger partial charge in [-0.15, -0.1) is 0 Å². The number of nitrogens with one attached hydrogen (secondary N) is 1. The third-order valence-corrected chi connectivity index (χ3v) is 8.15. The molecule has 0 radical (unpaired) electrons. The van der Waals surface area contributed by atoms with Gasteiger partial charge in [0, 0.05) is 22.5 Å². The third-order valence-electron chi connectivity index (χ3n) is 7.27. The number of hydrogen-bond acceptors (Lipinski definition) is 3. The Balaban J connectivity index is 1.86. The molecular weight excluding hydrogens is 477 g/mol. The van der Waals surface area contributed by atoms with Gasteiger partial charge in [-0.3, -0.25) is 4.79 Å². The topological polar surface area (TPSA) is 69.6 Å². The van der Waals surface area contributed by atoms with Crippen molar-refractivity contribution >= 4 is 28.5 Å². The highest BCUT2D eigenvalue weighted by Crippen LogP contribution is 2.60.